The highest BCUT2D eigenvalue weighted by atomic mass is 16.5. The lowest BCUT2D eigenvalue weighted by Crippen LogP contribution is -2.41. The quantitative estimate of drug-likeness (QED) is 0.423. The smallest absolute Gasteiger partial charge is 0.306 e. The Bertz CT molecular complexity index is 1230. The molecule has 1 atom stereocenters. The van der Waals surface area contributed by atoms with Crippen molar-refractivity contribution in [1.82, 2.24) is 15.0 Å². The van der Waals surface area contributed by atoms with Crippen molar-refractivity contribution < 1.29 is 19.4 Å². The molecule has 10 heteroatoms. The van der Waals surface area contributed by atoms with E-state index in [4.69, 9.17) is 19.4 Å². The molecule has 5 rings (SSSR count). The van der Waals surface area contributed by atoms with Crippen LogP contribution in [0.3, 0.4) is 0 Å². The molecule has 0 aliphatic carbocycles. The molecule has 0 unspecified atom stereocenters. The van der Waals surface area contributed by atoms with E-state index in [0.717, 1.165) is 42.5 Å². The lowest BCUT2D eigenvalue weighted by Gasteiger charge is -2.33. The summed E-state index contributed by atoms with van der Waals surface area (Å²) in [6, 6.07) is 13.6. The van der Waals surface area contributed by atoms with E-state index in [9.17, 15) is 9.90 Å². The van der Waals surface area contributed by atoms with Gasteiger partial charge in [0.05, 0.1) is 31.5 Å². The molecule has 2 fully saturated rings. The highest BCUT2D eigenvalue weighted by Gasteiger charge is 2.26. The minimum atomic E-state index is -0.714. The average Bonchev–Trinajstić information content (AvgIpc) is 2.95. The van der Waals surface area contributed by atoms with E-state index < -0.39 is 5.97 Å². The van der Waals surface area contributed by atoms with E-state index in [1.165, 1.54) is 0 Å². The number of piperidine rings is 2. The van der Waals surface area contributed by atoms with Gasteiger partial charge >= 0.3 is 5.97 Å². The van der Waals surface area contributed by atoms with E-state index >= 15 is 0 Å². The molecule has 2 aliphatic rings. The Kier molecular flexibility index (Phi) is 8.06. The van der Waals surface area contributed by atoms with Crippen molar-refractivity contribution in [3.8, 4) is 11.5 Å². The second kappa shape index (κ2) is 12.0. The van der Waals surface area contributed by atoms with Crippen LogP contribution in [0.4, 0.5) is 23.3 Å². The third-order valence-corrected chi connectivity index (χ3v) is 6.93. The first-order valence-electron chi connectivity index (χ1n) is 13.3. The number of benzene rings is 1. The fourth-order valence-electron chi connectivity index (χ4n) is 4.97. The summed E-state index contributed by atoms with van der Waals surface area (Å²) in [5.41, 5.74) is 0. The molecule has 0 spiro atoms. The zero-order chi connectivity index (χ0) is 26.3. The molecule has 0 radical (unpaired) electrons. The van der Waals surface area contributed by atoms with Crippen molar-refractivity contribution in [3.63, 3.8) is 0 Å². The van der Waals surface area contributed by atoms with E-state index in [-0.39, 0.29) is 12.0 Å². The zero-order valence-corrected chi connectivity index (χ0v) is 21.6. The molecule has 2 N–H and O–H groups in total. The fourth-order valence-corrected chi connectivity index (χ4v) is 4.97. The number of carboxylic acid groups (broad SMARTS) is 1. The number of para-hydroxylation sites is 2. The van der Waals surface area contributed by atoms with Crippen molar-refractivity contribution in [2.75, 3.05) is 47.9 Å². The average molecular weight is 519 g/mol. The summed E-state index contributed by atoms with van der Waals surface area (Å²) in [7, 11) is 0. The van der Waals surface area contributed by atoms with Crippen LogP contribution in [0, 0.1) is 5.92 Å². The van der Waals surface area contributed by atoms with Gasteiger partial charge in [-0.1, -0.05) is 18.2 Å². The molecular formula is C28H34N6O4. The number of carboxylic acids is 1. The maximum absolute atomic E-state index is 11.3. The molecule has 2 saturated heterocycles. The van der Waals surface area contributed by atoms with Crippen molar-refractivity contribution >= 4 is 29.2 Å². The second-order valence-corrected chi connectivity index (χ2v) is 9.58. The summed E-state index contributed by atoms with van der Waals surface area (Å²) in [6.45, 7) is 5.50. The Morgan fingerprint density at radius 2 is 1.74 bits per heavy atom. The lowest BCUT2D eigenvalue weighted by molar-refractivity contribution is -0.142. The van der Waals surface area contributed by atoms with Crippen LogP contribution in [-0.2, 0) is 4.79 Å². The van der Waals surface area contributed by atoms with Crippen molar-refractivity contribution in [3.05, 3.63) is 54.9 Å². The molecule has 2 aliphatic heterocycles. The molecular weight excluding hydrogens is 484 g/mol. The van der Waals surface area contributed by atoms with Crippen molar-refractivity contribution in [2.24, 2.45) is 5.92 Å². The van der Waals surface area contributed by atoms with Gasteiger partial charge in [-0.15, -0.1) is 0 Å². The monoisotopic (exact) mass is 518 g/mol. The molecule has 200 valence electrons. The van der Waals surface area contributed by atoms with Gasteiger partial charge in [-0.2, -0.15) is 0 Å². The van der Waals surface area contributed by atoms with Gasteiger partial charge in [-0.05, 0) is 56.9 Å². The summed E-state index contributed by atoms with van der Waals surface area (Å²) in [4.78, 5) is 29.6. The Morgan fingerprint density at radius 3 is 2.53 bits per heavy atom. The number of aliphatic carboxylic acids is 1. The first-order chi connectivity index (χ1) is 18.6. The highest BCUT2D eigenvalue weighted by Crippen LogP contribution is 2.30. The van der Waals surface area contributed by atoms with Gasteiger partial charge in [0.1, 0.15) is 23.6 Å². The lowest BCUT2D eigenvalue weighted by atomic mass is 9.97. The molecule has 2 aromatic heterocycles. The Hall–Kier alpha value is -4.08. The minimum Gasteiger partial charge on any atom is -0.490 e. The Morgan fingerprint density at radius 1 is 0.947 bits per heavy atom. The largest absolute Gasteiger partial charge is 0.490 e. The van der Waals surface area contributed by atoms with Gasteiger partial charge in [0.2, 0.25) is 0 Å². The summed E-state index contributed by atoms with van der Waals surface area (Å²) in [6.07, 6.45) is 6.68. The van der Waals surface area contributed by atoms with E-state index in [1.54, 1.807) is 12.4 Å². The van der Waals surface area contributed by atoms with E-state index in [2.05, 4.69) is 20.1 Å². The SMILES string of the molecule is CCOc1ccccc1O[C@@H]1CCCN(c2cncc(Nc3cccc(N4CCC(C(=O)O)CC4)n3)n2)C1. The summed E-state index contributed by atoms with van der Waals surface area (Å²) < 4.78 is 12.1. The summed E-state index contributed by atoms with van der Waals surface area (Å²) >= 11 is 0. The predicted molar refractivity (Wildman–Crippen MR) is 146 cm³/mol. The predicted octanol–water partition coefficient (Wildman–Crippen LogP) is 4.36. The van der Waals surface area contributed by atoms with Crippen LogP contribution >= 0.6 is 0 Å². The topological polar surface area (TPSA) is 113 Å². The van der Waals surface area contributed by atoms with Crippen molar-refractivity contribution in [1.29, 1.82) is 0 Å². The molecule has 0 bridgehead atoms. The van der Waals surface area contributed by atoms with Crippen LogP contribution in [0.1, 0.15) is 32.6 Å². The summed E-state index contributed by atoms with van der Waals surface area (Å²) in [5.74, 6) is 3.43. The Balaban J connectivity index is 1.23. The third-order valence-electron chi connectivity index (χ3n) is 6.93. The number of nitrogens with one attached hydrogen (secondary N) is 1. The van der Waals surface area contributed by atoms with Crippen LogP contribution in [0.25, 0.3) is 0 Å². The number of rotatable bonds is 9. The standard InChI is InChI=1S/C28H34N6O4/c1-2-37-22-8-3-4-9-23(22)38-21-7-6-14-34(19-21)27-18-29-17-25(32-27)30-24-10-5-11-26(31-24)33-15-12-20(13-16-33)28(35)36/h3-5,8-11,17-18,20-21H,2,6-7,12-16,19H2,1H3,(H,35,36)(H,30,31,32)/t21-/m1/s1. The molecule has 0 saturated carbocycles. The number of ether oxygens (including phenoxy) is 2. The Labute approximate surface area is 222 Å². The number of hydrogen-bond donors (Lipinski definition) is 2. The fraction of sp³-hybridized carbons (Fsp3) is 0.429. The van der Waals surface area contributed by atoms with Gasteiger partial charge in [0.15, 0.2) is 17.3 Å². The first-order valence-corrected chi connectivity index (χ1v) is 13.3. The number of aromatic nitrogens is 3. The van der Waals surface area contributed by atoms with Gasteiger partial charge in [-0.3, -0.25) is 9.78 Å². The van der Waals surface area contributed by atoms with Crippen LogP contribution in [-0.4, -0.2) is 64.9 Å². The van der Waals surface area contributed by atoms with Gasteiger partial charge < -0.3 is 29.7 Å². The van der Waals surface area contributed by atoms with Crippen LogP contribution in [0.2, 0.25) is 0 Å². The highest BCUT2D eigenvalue weighted by molar-refractivity contribution is 5.70. The van der Waals surface area contributed by atoms with Gasteiger partial charge in [0, 0.05) is 19.6 Å². The maximum Gasteiger partial charge on any atom is 0.306 e. The number of carbonyl (C=O) groups is 1. The van der Waals surface area contributed by atoms with Gasteiger partial charge in [-0.25, -0.2) is 9.97 Å². The number of hydrogen-bond acceptors (Lipinski definition) is 9. The number of nitrogens with zero attached hydrogens (tertiary/aromatic N) is 5. The molecule has 1 aromatic carbocycles. The second-order valence-electron chi connectivity index (χ2n) is 9.58. The number of anilines is 4. The van der Waals surface area contributed by atoms with Crippen LogP contribution in [0.15, 0.2) is 54.9 Å². The maximum atomic E-state index is 11.3. The van der Waals surface area contributed by atoms with Gasteiger partial charge in [0.25, 0.3) is 0 Å². The molecule has 10 nitrogen and oxygen atoms in total. The molecule has 4 heterocycles. The molecule has 0 amide bonds. The third kappa shape index (κ3) is 6.24. The van der Waals surface area contributed by atoms with E-state index in [1.807, 2.05) is 49.4 Å². The zero-order valence-electron chi connectivity index (χ0n) is 21.6. The van der Waals surface area contributed by atoms with Crippen LogP contribution in [0.5, 0.6) is 11.5 Å². The van der Waals surface area contributed by atoms with Crippen LogP contribution < -0.4 is 24.6 Å². The summed E-state index contributed by atoms with van der Waals surface area (Å²) in [5, 5.41) is 12.5. The minimum absolute atomic E-state index is 0.0207. The van der Waals surface area contributed by atoms with E-state index in [0.29, 0.717) is 50.7 Å². The van der Waals surface area contributed by atoms with Crippen molar-refractivity contribution in [2.45, 2.75) is 38.7 Å². The normalized spacial score (nSPS) is 18.2. The molecule has 3 aromatic rings. The first kappa shape index (κ1) is 25.6. The molecule has 38 heavy (non-hydrogen) atoms. The number of pyridine rings is 1.